The molecular formula is C15H17ClN2O2. The van der Waals surface area contributed by atoms with Crippen LogP contribution >= 0.6 is 12.4 Å². The molecule has 0 radical (unpaired) electrons. The van der Waals surface area contributed by atoms with Crippen molar-refractivity contribution in [2.75, 3.05) is 14.2 Å². The number of methoxy groups -OCH3 is 2. The highest BCUT2D eigenvalue weighted by atomic mass is 35.5. The van der Waals surface area contributed by atoms with Crippen LogP contribution in [-0.4, -0.2) is 19.2 Å². The molecule has 106 valence electrons. The summed E-state index contributed by atoms with van der Waals surface area (Å²) in [4.78, 5) is 4.50. The molecule has 1 aromatic heterocycles. The summed E-state index contributed by atoms with van der Waals surface area (Å²) >= 11 is 0. The third-order valence-electron chi connectivity index (χ3n) is 3.22. The van der Waals surface area contributed by atoms with Crippen molar-refractivity contribution in [1.82, 2.24) is 4.98 Å². The highest BCUT2D eigenvalue weighted by Crippen LogP contribution is 2.35. The van der Waals surface area contributed by atoms with E-state index in [1.54, 1.807) is 14.2 Å². The van der Waals surface area contributed by atoms with Gasteiger partial charge in [-0.25, -0.2) is 0 Å². The largest absolute Gasteiger partial charge is 0.493 e. The van der Waals surface area contributed by atoms with Crippen molar-refractivity contribution in [3.63, 3.8) is 0 Å². The Labute approximate surface area is 124 Å². The molecule has 2 aromatic rings. The fourth-order valence-corrected chi connectivity index (χ4v) is 2.25. The lowest BCUT2D eigenvalue weighted by atomic mass is 10.0. The molecule has 0 spiro atoms. The first-order valence-electron chi connectivity index (χ1n) is 6.11. The number of aromatic nitrogens is 1. The van der Waals surface area contributed by atoms with Crippen molar-refractivity contribution in [2.45, 2.75) is 20.3 Å². The Hall–Kier alpha value is -1.99. The van der Waals surface area contributed by atoms with Gasteiger partial charge in [-0.1, -0.05) is 6.92 Å². The van der Waals surface area contributed by atoms with Crippen molar-refractivity contribution in [1.29, 1.82) is 5.26 Å². The maximum absolute atomic E-state index is 9.31. The Kier molecular flexibility index (Phi) is 5.18. The van der Waals surface area contributed by atoms with Crippen LogP contribution in [0.5, 0.6) is 11.5 Å². The van der Waals surface area contributed by atoms with Gasteiger partial charge in [0.05, 0.1) is 25.5 Å². The van der Waals surface area contributed by atoms with Gasteiger partial charge in [0.2, 0.25) is 0 Å². The third-order valence-corrected chi connectivity index (χ3v) is 3.22. The highest BCUT2D eigenvalue weighted by Gasteiger charge is 2.14. The molecule has 0 atom stereocenters. The maximum atomic E-state index is 9.31. The monoisotopic (exact) mass is 292 g/mol. The van der Waals surface area contributed by atoms with Crippen LogP contribution in [0.1, 0.15) is 23.9 Å². The molecule has 1 heterocycles. The number of aryl methyl sites for hydroxylation is 2. The van der Waals surface area contributed by atoms with E-state index in [9.17, 15) is 5.26 Å². The van der Waals surface area contributed by atoms with Gasteiger partial charge in [-0.05, 0) is 25.5 Å². The summed E-state index contributed by atoms with van der Waals surface area (Å²) in [5.74, 6) is 1.28. The van der Waals surface area contributed by atoms with Crippen LogP contribution in [0.4, 0.5) is 0 Å². The second-order valence-electron chi connectivity index (χ2n) is 4.24. The number of nitriles is 1. The molecule has 2 rings (SSSR count). The van der Waals surface area contributed by atoms with E-state index in [2.05, 4.69) is 11.1 Å². The van der Waals surface area contributed by atoms with Gasteiger partial charge in [0, 0.05) is 16.5 Å². The highest BCUT2D eigenvalue weighted by molar-refractivity contribution is 5.93. The zero-order valence-corrected chi connectivity index (χ0v) is 12.8. The predicted octanol–water partition coefficient (Wildman–Crippen LogP) is 3.42. The summed E-state index contributed by atoms with van der Waals surface area (Å²) in [5, 5.41) is 11.1. The van der Waals surface area contributed by atoms with Crippen molar-refractivity contribution in [3.05, 3.63) is 29.1 Å². The van der Waals surface area contributed by atoms with Crippen LogP contribution in [0.2, 0.25) is 0 Å². The number of fused-ring (bicyclic) bond motifs is 1. The first-order valence-corrected chi connectivity index (χ1v) is 6.11. The van der Waals surface area contributed by atoms with Gasteiger partial charge < -0.3 is 9.47 Å². The Morgan fingerprint density at radius 3 is 2.15 bits per heavy atom. The number of benzene rings is 1. The molecule has 0 bridgehead atoms. The number of halogens is 1. The Bertz CT molecular complexity index is 678. The molecule has 0 N–H and O–H groups in total. The zero-order valence-electron chi connectivity index (χ0n) is 12.0. The summed E-state index contributed by atoms with van der Waals surface area (Å²) in [5.41, 5.74) is 2.31. The lowest BCUT2D eigenvalue weighted by molar-refractivity contribution is 0.356. The van der Waals surface area contributed by atoms with E-state index < -0.39 is 0 Å². The summed E-state index contributed by atoms with van der Waals surface area (Å²) in [6.45, 7) is 3.90. The molecule has 0 aliphatic heterocycles. The quantitative estimate of drug-likeness (QED) is 0.870. The molecule has 0 saturated carbocycles. The number of ether oxygens (including phenoxy) is 2. The third kappa shape index (κ3) is 2.50. The molecule has 0 aliphatic carbocycles. The molecule has 0 fully saturated rings. The average molecular weight is 293 g/mol. The smallest absolute Gasteiger partial charge is 0.161 e. The van der Waals surface area contributed by atoms with Crippen LogP contribution in [0.3, 0.4) is 0 Å². The molecule has 0 saturated heterocycles. The van der Waals surface area contributed by atoms with E-state index in [0.29, 0.717) is 17.1 Å². The molecule has 1 aromatic carbocycles. The van der Waals surface area contributed by atoms with Gasteiger partial charge in [0.1, 0.15) is 6.07 Å². The lowest BCUT2D eigenvalue weighted by Crippen LogP contribution is -1.99. The van der Waals surface area contributed by atoms with Crippen molar-refractivity contribution < 1.29 is 9.47 Å². The van der Waals surface area contributed by atoms with Gasteiger partial charge >= 0.3 is 0 Å². The average Bonchev–Trinajstić information content (AvgIpc) is 2.44. The van der Waals surface area contributed by atoms with Gasteiger partial charge in [0.25, 0.3) is 0 Å². The van der Waals surface area contributed by atoms with Gasteiger partial charge in [-0.15, -0.1) is 12.4 Å². The summed E-state index contributed by atoms with van der Waals surface area (Å²) < 4.78 is 10.6. The van der Waals surface area contributed by atoms with Gasteiger partial charge in [0.15, 0.2) is 11.5 Å². The normalized spacial score (nSPS) is 9.75. The first kappa shape index (κ1) is 16.1. The van der Waals surface area contributed by atoms with Crippen LogP contribution in [-0.2, 0) is 6.42 Å². The molecule has 0 aliphatic rings. The number of nitrogens with zero attached hydrogens (tertiary/aromatic N) is 2. The molecule has 4 nitrogen and oxygen atoms in total. The Balaban J connectivity index is 0.00000200. The van der Waals surface area contributed by atoms with Crippen LogP contribution in [0.15, 0.2) is 12.1 Å². The van der Waals surface area contributed by atoms with Crippen molar-refractivity contribution in [3.8, 4) is 17.6 Å². The summed E-state index contributed by atoms with van der Waals surface area (Å²) in [7, 11) is 3.19. The van der Waals surface area contributed by atoms with E-state index in [1.807, 2.05) is 26.0 Å². The number of hydrogen-bond donors (Lipinski definition) is 0. The Morgan fingerprint density at radius 1 is 1.15 bits per heavy atom. The minimum Gasteiger partial charge on any atom is -0.493 e. The van der Waals surface area contributed by atoms with Crippen molar-refractivity contribution >= 4 is 23.2 Å². The fraction of sp³-hybridized carbons (Fsp3) is 0.333. The summed E-state index contributed by atoms with van der Waals surface area (Å²) in [6, 6.07) is 5.96. The topological polar surface area (TPSA) is 55.1 Å². The van der Waals surface area contributed by atoms with Gasteiger partial charge in [-0.3, -0.25) is 4.98 Å². The Morgan fingerprint density at radius 2 is 1.70 bits per heavy atom. The summed E-state index contributed by atoms with van der Waals surface area (Å²) in [6.07, 6.45) is 0.804. The van der Waals surface area contributed by atoms with E-state index in [1.165, 1.54) is 0 Å². The maximum Gasteiger partial charge on any atom is 0.161 e. The standard InChI is InChI=1S/C15H16N2O2.ClH/c1-5-13-11-7-15(19-4)14(18-3)6-10(11)12(8-16)9(2)17-13;/h6-7H,5H2,1-4H3;1H. The minimum atomic E-state index is 0. The van der Waals surface area contributed by atoms with Crippen LogP contribution < -0.4 is 9.47 Å². The SMILES string of the molecule is CCc1nc(C)c(C#N)c2cc(OC)c(OC)cc12.Cl. The molecule has 0 amide bonds. The van der Waals surface area contributed by atoms with E-state index >= 15 is 0 Å². The second kappa shape index (κ2) is 6.44. The van der Waals surface area contributed by atoms with Crippen LogP contribution in [0, 0.1) is 18.3 Å². The number of pyridine rings is 1. The second-order valence-corrected chi connectivity index (χ2v) is 4.24. The van der Waals surface area contributed by atoms with E-state index in [4.69, 9.17) is 9.47 Å². The van der Waals surface area contributed by atoms with Crippen molar-refractivity contribution in [2.24, 2.45) is 0 Å². The first-order chi connectivity index (χ1) is 9.15. The van der Waals surface area contributed by atoms with E-state index in [-0.39, 0.29) is 12.4 Å². The molecular weight excluding hydrogens is 276 g/mol. The van der Waals surface area contributed by atoms with Gasteiger partial charge in [-0.2, -0.15) is 5.26 Å². The zero-order chi connectivity index (χ0) is 14.0. The molecule has 5 heteroatoms. The predicted molar refractivity (Wildman–Crippen MR) is 80.9 cm³/mol. The molecule has 0 unspecified atom stereocenters. The minimum absolute atomic E-state index is 0. The van der Waals surface area contributed by atoms with Crippen LogP contribution in [0.25, 0.3) is 10.8 Å². The fourth-order valence-electron chi connectivity index (χ4n) is 2.25. The number of hydrogen-bond acceptors (Lipinski definition) is 4. The number of rotatable bonds is 3. The lowest BCUT2D eigenvalue weighted by Gasteiger charge is -2.13. The molecule has 20 heavy (non-hydrogen) atoms. The van der Waals surface area contributed by atoms with E-state index in [0.717, 1.165) is 28.6 Å².